The largest absolute Gasteiger partial charge is 0.483 e. The third-order valence-electron chi connectivity index (χ3n) is 6.59. The average molecular weight is 479 g/mol. The predicted octanol–water partition coefficient (Wildman–Crippen LogP) is 4.77. The summed E-state index contributed by atoms with van der Waals surface area (Å²) in [5.74, 6) is 1.17. The zero-order valence-corrected chi connectivity index (χ0v) is 21.8. The summed E-state index contributed by atoms with van der Waals surface area (Å²) >= 11 is 0. The van der Waals surface area contributed by atoms with Crippen molar-refractivity contribution in [2.75, 3.05) is 6.61 Å². The van der Waals surface area contributed by atoms with Gasteiger partial charge >= 0.3 is 0 Å². The fraction of sp³-hybridized carbons (Fsp3) is 0.464. The molecule has 0 aliphatic carbocycles. The molecule has 0 aliphatic heterocycles. The Bertz CT molecular complexity index is 1160. The van der Waals surface area contributed by atoms with Crippen LogP contribution < -0.4 is 10.1 Å². The summed E-state index contributed by atoms with van der Waals surface area (Å²) < 4.78 is 7.65. The van der Waals surface area contributed by atoms with Crippen LogP contribution in [-0.4, -0.2) is 45.0 Å². The van der Waals surface area contributed by atoms with Crippen LogP contribution in [-0.2, 0) is 22.7 Å². The van der Waals surface area contributed by atoms with Gasteiger partial charge in [0.1, 0.15) is 18.1 Å². The van der Waals surface area contributed by atoms with Crippen molar-refractivity contribution in [1.82, 2.24) is 19.8 Å². The predicted molar refractivity (Wildman–Crippen MR) is 139 cm³/mol. The molecule has 3 aromatic rings. The highest BCUT2D eigenvalue weighted by atomic mass is 16.5. The van der Waals surface area contributed by atoms with Crippen LogP contribution in [0.15, 0.2) is 42.5 Å². The highest BCUT2D eigenvalue weighted by Gasteiger charge is 2.25. The number of nitrogens with zero attached hydrogens (tertiary/aromatic N) is 3. The minimum Gasteiger partial charge on any atom is -0.483 e. The first-order valence-electron chi connectivity index (χ1n) is 12.5. The van der Waals surface area contributed by atoms with E-state index in [4.69, 9.17) is 9.72 Å². The van der Waals surface area contributed by atoms with E-state index >= 15 is 0 Å². The van der Waals surface area contributed by atoms with Crippen LogP contribution >= 0.6 is 0 Å². The maximum Gasteiger partial charge on any atom is 0.258 e. The van der Waals surface area contributed by atoms with Crippen molar-refractivity contribution in [1.29, 1.82) is 0 Å². The molecule has 7 nitrogen and oxygen atoms in total. The summed E-state index contributed by atoms with van der Waals surface area (Å²) in [5, 5.41) is 2.90. The number of fused-ring (bicyclic) bond motifs is 1. The summed E-state index contributed by atoms with van der Waals surface area (Å²) in [6.45, 7) is 12.6. The van der Waals surface area contributed by atoms with Crippen molar-refractivity contribution < 1.29 is 14.3 Å². The Morgan fingerprint density at radius 1 is 1.06 bits per heavy atom. The number of rotatable bonds is 11. The smallest absolute Gasteiger partial charge is 0.258 e. The van der Waals surface area contributed by atoms with E-state index < -0.39 is 0 Å². The third kappa shape index (κ3) is 6.41. The third-order valence-corrected chi connectivity index (χ3v) is 6.59. The standard InChI is InChI=1S/C28H38N4O3/c1-7-21(5)32(22(6)8-2)28(34)17-31-24-12-10-9-11-23(24)30-26(31)16-29-27(33)18-35-25-15-19(3)13-14-20(25)4/h9-15,21-22H,7-8,16-18H2,1-6H3,(H,29,33). The summed E-state index contributed by atoms with van der Waals surface area (Å²) in [4.78, 5) is 32.7. The number of hydrogen-bond donors (Lipinski definition) is 1. The number of nitrogens with one attached hydrogen (secondary N) is 1. The van der Waals surface area contributed by atoms with Crippen molar-refractivity contribution in [3.8, 4) is 5.75 Å². The topological polar surface area (TPSA) is 76.5 Å². The van der Waals surface area contributed by atoms with E-state index in [1.165, 1.54) is 0 Å². The lowest BCUT2D eigenvalue weighted by atomic mass is 10.1. The van der Waals surface area contributed by atoms with Gasteiger partial charge < -0.3 is 19.5 Å². The van der Waals surface area contributed by atoms with Crippen molar-refractivity contribution in [2.45, 2.75) is 79.6 Å². The van der Waals surface area contributed by atoms with Crippen LogP contribution in [0, 0.1) is 13.8 Å². The van der Waals surface area contributed by atoms with E-state index in [1.807, 2.05) is 65.8 Å². The molecule has 0 saturated heterocycles. The average Bonchev–Trinajstić information content (AvgIpc) is 3.20. The summed E-state index contributed by atoms with van der Waals surface area (Å²) in [6, 6.07) is 14.0. The Morgan fingerprint density at radius 3 is 2.43 bits per heavy atom. The molecule has 1 aromatic heterocycles. The molecular weight excluding hydrogens is 440 g/mol. The second kappa shape index (κ2) is 11.9. The molecule has 7 heteroatoms. The van der Waals surface area contributed by atoms with Gasteiger partial charge in [-0.2, -0.15) is 0 Å². The molecule has 0 saturated carbocycles. The lowest BCUT2D eigenvalue weighted by molar-refractivity contribution is -0.136. The van der Waals surface area contributed by atoms with Crippen LogP contribution in [0.4, 0.5) is 0 Å². The van der Waals surface area contributed by atoms with Crippen molar-refractivity contribution in [2.24, 2.45) is 0 Å². The first-order valence-corrected chi connectivity index (χ1v) is 12.5. The quantitative estimate of drug-likeness (QED) is 0.431. The maximum absolute atomic E-state index is 13.4. The maximum atomic E-state index is 13.4. The summed E-state index contributed by atoms with van der Waals surface area (Å²) in [7, 11) is 0. The van der Waals surface area contributed by atoms with Gasteiger partial charge in [-0.1, -0.05) is 38.1 Å². The number of benzene rings is 2. The van der Waals surface area contributed by atoms with Gasteiger partial charge in [-0.05, 0) is 69.9 Å². The second-order valence-electron chi connectivity index (χ2n) is 9.25. The zero-order valence-electron chi connectivity index (χ0n) is 21.8. The molecule has 35 heavy (non-hydrogen) atoms. The fourth-order valence-electron chi connectivity index (χ4n) is 4.21. The molecular formula is C28H38N4O3. The van der Waals surface area contributed by atoms with Gasteiger partial charge in [-0.3, -0.25) is 9.59 Å². The van der Waals surface area contributed by atoms with Crippen LogP contribution in [0.1, 0.15) is 57.5 Å². The molecule has 3 rings (SSSR count). The van der Waals surface area contributed by atoms with E-state index in [9.17, 15) is 9.59 Å². The number of ether oxygens (including phenoxy) is 1. The minimum atomic E-state index is -0.239. The number of amides is 2. The molecule has 2 unspecified atom stereocenters. The lowest BCUT2D eigenvalue weighted by Crippen LogP contribution is -2.46. The number of hydrogen-bond acceptors (Lipinski definition) is 4. The van der Waals surface area contributed by atoms with Gasteiger partial charge in [0.2, 0.25) is 5.91 Å². The molecule has 1 N–H and O–H groups in total. The van der Waals surface area contributed by atoms with Crippen molar-refractivity contribution in [3.63, 3.8) is 0 Å². The second-order valence-corrected chi connectivity index (χ2v) is 9.25. The number of aromatic nitrogens is 2. The number of carbonyl (C=O) groups is 2. The summed E-state index contributed by atoms with van der Waals surface area (Å²) in [5.41, 5.74) is 3.74. The van der Waals surface area contributed by atoms with Gasteiger partial charge in [-0.15, -0.1) is 0 Å². The SMILES string of the molecule is CCC(C)N(C(=O)Cn1c(CNC(=O)COc2cc(C)ccc2C)nc2ccccc21)C(C)CC. The van der Waals surface area contributed by atoms with Crippen LogP contribution in [0.25, 0.3) is 11.0 Å². The Balaban J connectivity index is 1.75. The summed E-state index contributed by atoms with van der Waals surface area (Å²) in [6.07, 6.45) is 1.79. The van der Waals surface area contributed by atoms with Crippen molar-refractivity contribution >= 4 is 22.8 Å². The van der Waals surface area contributed by atoms with Gasteiger partial charge in [0.25, 0.3) is 5.91 Å². The first kappa shape index (κ1) is 26.3. The number of imidazole rings is 1. The number of para-hydroxylation sites is 2. The molecule has 0 bridgehead atoms. The molecule has 1 heterocycles. The monoisotopic (exact) mass is 478 g/mol. The molecule has 0 radical (unpaired) electrons. The molecule has 2 amide bonds. The van der Waals surface area contributed by atoms with Crippen LogP contribution in [0.2, 0.25) is 0 Å². The molecule has 0 spiro atoms. The minimum absolute atomic E-state index is 0.0580. The van der Waals surface area contributed by atoms with E-state index in [0.717, 1.165) is 35.0 Å². The van der Waals surface area contributed by atoms with E-state index in [-0.39, 0.29) is 43.6 Å². The van der Waals surface area contributed by atoms with E-state index in [2.05, 4.69) is 33.0 Å². The number of aryl methyl sites for hydroxylation is 2. The van der Waals surface area contributed by atoms with Gasteiger partial charge in [0, 0.05) is 12.1 Å². The fourth-order valence-corrected chi connectivity index (χ4v) is 4.21. The Morgan fingerprint density at radius 2 is 1.74 bits per heavy atom. The Labute approximate surface area is 208 Å². The highest BCUT2D eigenvalue weighted by molar-refractivity contribution is 5.82. The molecule has 0 fully saturated rings. The van der Waals surface area contributed by atoms with Gasteiger partial charge in [0.15, 0.2) is 6.61 Å². The van der Waals surface area contributed by atoms with Crippen molar-refractivity contribution in [3.05, 3.63) is 59.4 Å². The molecule has 0 aliphatic rings. The van der Waals surface area contributed by atoms with Crippen LogP contribution in [0.3, 0.4) is 0 Å². The normalized spacial score (nSPS) is 12.9. The lowest BCUT2D eigenvalue weighted by Gasteiger charge is -2.34. The van der Waals surface area contributed by atoms with E-state index in [0.29, 0.717) is 11.6 Å². The molecule has 188 valence electrons. The highest BCUT2D eigenvalue weighted by Crippen LogP contribution is 2.20. The van der Waals surface area contributed by atoms with Gasteiger partial charge in [0.05, 0.1) is 17.6 Å². The number of carbonyl (C=O) groups excluding carboxylic acids is 2. The zero-order chi connectivity index (χ0) is 25.5. The Kier molecular flexibility index (Phi) is 8.90. The van der Waals surface area contributed by atoms with Gasteiger partial charge in [-0.25, -0.2) is 4.98 Å². The van der Waals surface area contributed by atoms with Crippen LogP contribution in [0.5, 0.6) is 5.75 Å². The Hall–Kier alpha value is -3.35. The molecule has 2 aromatic carbocycles. The molecule has 2 atom stereocenters. The first-order chi connectivity index (χ1) is 16.7. The van der Waals surface area contributed by atoms with E-state index in [1.54, 1.807) is 0 Å².